The Morgan fingerprint density at radius 2 is 1.76 bits per heavy atom. The molecule has 7 heteroatoms. The molecule has 2 fully saturated rings. The molecule has 1 atom stereocenters. The number of imide groups is 2. The number of carbonyl (C=O) groups excluding carboxylic acids is 4. The lowest BCUT2D eigenvalue weighted by molar-refractivity contribution is -0.136. The summed E-state index contributed by atoms with van der Waals surface area (Å²) in [7, 11) is 0. The van der Waals surface area contributed by atoms with E-state index in [0.717, 1.165) is 30.6 Å². The summed E-state index contributed by atoms with van der Waals surface area (Å²) in [4.78, 5) is 50.1. The van der Waals surface area contributed by atoms with Crippen LogP contribution >= 0.6 is 0 Å². The molecule has 3 aliphatic rings. The standard InChI is InChI=1S/C18H19N3O4/c22-14-9-8-13(16(23)20-14)21-17(24)11-6-3-7-12(15(11)18(21)25)19-10-4-1-2-5-10/h3,6-7,10,13,19H,1-2,4-5,8-9H2,(H,20,22,23). The number of nitrogens with one attached hydrogen (secondary N) is 2. The van der Waals surface area contributed by atoms with Gasteiger partial charge in [-0.05, 0) is 31.4 Å². The van der Waals surface area contributed by atoms with E-state index in [2.05, 4.69) is 10.6 Å². The molecule has 2 heterocycles. The lowest BCUT2D eigenvalue weighted by Gasteiger charge is -2.27. The average molecular weight is 341 g/mol. The first-order valence-electron chi connectivity index (χ1n) is 8.67. The van der Waals surface area contributed by atoms with Crippen LogP contribution in [-0.2, 0) is 9.59 Å². The molecule has 4 amide bonds. The van der Waals surface area contributed by atoms with Crippen LogP contribution in [0.3, 0.4) is 0 Å². The molecule has 1 aromatic carbocycles. The molecule has 1 saturated carbocycles. The quantitative estimate of drug-likeness (QED) is 0.811. The van der Waals surface area contributed by atoms with E-state index in [-0.39, 0.29) is 18.7 Å². The minimum absolute atomic E-state index is 0.122. The van der Waals surface area contributed by atoms with Crippen LogP contribution in [0.1, 0.15) is 59.2 Å². The van der Waals surface area contributed by atoms with Gasteiger partial charge in [0.2, 0.25) is 11.8 Å². The van der Waals surface area contributed by atoms with Gasteiger partial charge in [-0.15, -0.1) is 0 Å². The van der Waals surface area contributed by atoms with Crippen molar-refractivity contribution in [2.75, 3.05) is 5.32 Å². The molecule has 4 rings (SSSR count). The molecule has 1 aliphatic carbocycles. The first-order valence-corrected chi connectivity index (χ1v) is 8.67. The number of hydrogen-bond donors (Lipinski definition) is 2. The highest BCUT2D eigenvalue weighted by atomic mass is 16.2. The van der Waals surface area contributed by atoms with Crippen molar-refractivity contribution in [3.05, 3.63) is 29.3 Å². The van der Waals surface area contributed by atoms with Gasteiger partial charge in [-0.3, -0.25) is 29.4 Å². The van der Waals surface area contributed by atoms with Crippen LogP contribution < -0.4 is 10.6 Å². The number of amides is 4. The molecule has 1 saturated heterocycles. The van der Waals surface area contributed by atoms with E-state index in [9.17, 15) is 19.2 Å². The zero-order chi connectivity index (χ0) is 17.6. The maximum absolute atomic E-state index is 12.9. The molecule has 0 radical (unpaired) electrons. The summed E-state index contributed by atoms with van der Waals surface area (Å²) < 4.78 is 0. The third-order valence-electron chi connectivity index (χ3n) is 5.18. The summed E-state index contributed by atoms with van der Waals surface area (Å²) in [6, 6.07) is 4.54. The molecular formula is C18H19N3O4. The minimum Gasteiger partial charge on any atom is -0.382 e. The van der Waals surface area contributed by atoms with E-state index in [1.807, 2.05) is 0 Å². The van der Waals surface area contributed by atoms with Gasteiger partial charge in [0.15, 0.2) is 0 Å². The number of nitrogens with zero attached hydrogens (tertiary/aromatic N) is 1. The Labute approximate surface area is 144 Å². The molecule has 25 heavy (non-hydrogen) atoms. The van der Waals surface area contributed by atoms with Gasteiger partial charge in [-0.1, -0.05) is 18.9 Å². The van der Waals surface area contributed by atoms with E-state index in [0.29, 0.717) is 22.9 Å². The Hall–Kier alpha value is -2.70. The summed E-state index contributed by atoms with van der Waals surface area (Å²) in [6.45, 7) is 0. The van der Waals surface area contributed by atoms with Gasteiger partial charge in [0.05, 0.1) is 11.1 Å². The molecule has 0 spiro atoms. The van der Waals surface area contributed by atoms with E-state index in [1.165, 1.54) is 0 Å². The van der Waals surface area contributed by atoms with Crippen LogP contribution in [0.25, 0.3) is 0 Å². The van der Waals surface area contributed by atoms with Crippen molar-refractivity contribution < 1.29 is 19.2 Å². The predicted octanol–water partition coefficient (Wildman–Crippen LogP) is 1.44. The van der Waals surface area contributed by atoms with Gasteiger partial charge >= 0.3 is 0 Å². The molecule has 1 aromatic rings. The van der Waals surface area contributed by atoms with Crippen molar-refractivity contribution in [2.24, 2.45) is 0 Å². The number of carbonyl (C=O) groups is 4. The third-order valence-corrected chi connectivity index (χ3v) is 5.18. The summed E-state index contributed by atoms with van der Waals surface area (Å²) >= 11 is 0. The Morgan fingerprint density at radius 3 is 2.48 bits per heavy atom. The maximum Gasteiger partial charge on any atom is 0.264 e. The summed E-state index contributed by atoms with van der Waals surface area (Å²) in [5.74, 6) is -1.89. The summed E-state index contributed by atoms with van der Waals surface area (Å²) in [5.41, 5.74) is 1.30. The first-order chi connectivity index (χ1) is 12.1. The van der Waals surface area contributed by atoms with E-state index in [4.69, 9.17) is 0 Å². The molecule has 0 bridgehead atoms. The van der Waals surface area contributed by atoms with Crippen molar-refractivity contribution in [3.63, 3.8) is 0 Å². The minimum atomic E-state index is -0.926. The van der Waals surface area contributed by atoms with Gasteiger partial charge in [0.1, 0.15) is 6.04 Å². The van der Waals surface area contributed by atoms with Crippen LogP contribution in [0.5, 0.6) is 0 Å². The average Bonchev–Trinajstić information content (AvgIpc) is 3.17. The van der Waals surface area contributed by atoms with Crippen molar-refractivity contribution in [2.45, 2.75) is 50.6 Å². The van der Waals surface area contributed by atoms with Gasteiger partial charge in [-0.2, -0.15) is 0 Å². The largest absolute Gasteiger partial charge is 0.382 e. The lowest BCUT2D eigenvalue weighted by atomic mass is 10.0. The molecule has 7 nitrogen and oxygen atoms in total. The Bertz CT molecular complexity index is 783. The molecule has 2 N–H and O–H groups in total. The Kier molecular flexibility index (Phi) is 3.78. The highest BCUT2D eigenvalue weighted by molar-refractivity contribution is 6.25. The predicted molar refractivity (Wildman–Crippen MR) is 89.0 cm³/mol. The van der Waals surface area contributed by atoms with Gasteiger partial charge < -0.3 is 5.32 Å². The monoisotopic (exact) mass is 341 g/mol. The Morgan fingerprint density at radius 1 is 1.00 bits per heavy atom. The van der Waals surface area contributed by atoms with Crippen LogP contribution in [0, 0.1) is 0 Å². The fourth-order valence-electron chi connectivity index (χ4n) is 3.93. The van der Waals surface area contributed by atoms with Gasteiger partial charge in [0.25, 0.3) is 11.8 Å². The van der Waals surface area contributed by atoms with Gasteiger partial charge in [-0.25, -0.2) is 0 Å². The van der Waals surface area contributed by atoms with Crippen LogP contribution in [0.2, 0.25) is 0 Å². The molecule has 0 aromatic heterocycles. The number of piperidine rings is 1. The molecule has 130 valence electrons. The summed E-state index contributed by atoms with van der Waals surface area (Å²) in [6.07, 6.45) is 4.69. The smallest absolute Gasteiger partial charge is 0.264 e. The van der Waals surface area contributed by atoms with Crippen LogP contribution in [-0.4, -0.2) is 40.6 Å². The van der Waals surface area contributed by atoms with Crippen molar-refractivity contribution in [1.82, 2.24) is 10.2 Å². The third kappa shape index (κ3) is 2.59. The normalized spacial score (nSPS) is 23.8. The second-order valence-electron chi connectivity index (χ2n) is 6.80. The summed E-state index contributed by atoms with van der Waals surface area (Å²) in [5, 5.41) is 5.59. The zero-order valence-corrected chi connectivity index (χ0v) is 13.7. The van der Waals surface area contributed by atoms with Crippen LogP contribution in [0.4, 0.5) is 5.69 Å². The molecule has 2 aliphatic heterocycles. The zero-order valence-electron chi connectivity index (χ0n) is 13.7. The fraction of sp³-hybridized carbons (Fsp3) is 0.444. The van der Waals surface area contributed by atoms with Gasteiger partial charge in [0, 0.05) is 18.2 Å². The van der Waals surface area contributed by atoms with E-state index >= 15 is 0 Å². The number of hydrogen-bond acceptors (Lipinski definition) is 5. The fourth-order valence-corrected chi connectivity index (χ4v) is 3.93. The topological polar surface area (TPSA) is 95.6 Å². The first kappa shape index (κ1) is 15.8. The molecular weight excluding hydrogens is 322 g/mol. The number of anilines is 1. The second-order valence-corrected chi connectivity index (χ2v) is 6.80. The second kappa shape index (κ2) is 5.98. The molecule has 1 unspecified atom stereocenters. The highest BCUT2D eigenvalue weighted by Crippen LogP contribution is 2.34. The number of rotatable bonds is 3. The SMILES string of the molecule is O=C1CCC(N2C(=O)c3cccc(NC4CCCC4)c3C2=O)C(=O)N1. The highest BCUT2D eigenvalue weighted by Gasteiger charge is 2.45. The maximum atomic E-state index is 12.9. The number of fused-ring (bicyclic) bond motifs is 1. The number of benzene rings is 1. The van der Waals surface area contributed by atoms with Crippen molar-refractivity contribution >= 4 is 29.3 Å². The Balaban J connectivity index is 1.65. The van der Waals surface area contributed by atoms with Crippen LogP contribution in [0.15, 0.2) is 18.2 Å². The van der Waals surface area contributed by atoms with E-state index < -0.39 is 23.8 Å². The lowest BCUT2D eigenvalue weighted by Crippen LogP contribution is -2.54. The van der Waals surface area contributed by atoms with Crippen molar-refractivity contribution in [1.29, 1.82) is 0 Å². The van der Waals surface area contributed by atoms with E-state index in [1.54, 1.807) is 18.2 Å². The van der Waals surface area contributed by atoms with Crippen molar-refractivity contribution in [3.8, 4) is 0 Å².